The number of hydrogen-bond acceptors (Lipinski definition) is 5. The maximum absolute atomic E-state index is 12.3. The van der Waals surface area contributed by atoms with E-state index in [-0.39, 0.29) is 17.0 Å². The van der Waals surface area contributed by atoms with Gasteiger partial charge in [0.2, 0.25) is 0 Å². The van der Waals surface area contributed by atoms with Gasteiger partial charge in [-0.05, 0) is 17.7 Å². The summed E-state index contributed by atoms with van der Waals surface area (Å²) in [6.45, 7) is 1.19. The SMILES string of the molecule is CC(=O)Oc1ccc([N+](=O)[O-])cc1C(=O)/C=C/c1ccccc1. The number of ether oxygens (including phenoxy) is 1. The molecule has 0 fully saturated rings. The first-order chi connectivity index (χ1) is 11.0. The molecule has 6 nitrogen and oxygen atoms in total. The molecule has 0 saturated heterocycles. The van der Waals surface area contributed by atoms with Gasteiger partial charge in [0.05, 0.1) is 10.5 Å². The molecule has 0 N–H and O–H groups in total. The van der Waals surface area contributed by atoms with Crippen LogP contribution in [0.25, 0.3) is 6.08 Å². The Morgan fingerprint density at radius 3 is 2.43 bits per heavy atom. The van der Waals surface area contributed by atoms with E-state index in [1.54, 1.807) is 6.08 Å². The topological polar surface area (TPSA) is 86.5 Å². The van der Waals surface area contributed by atoms with Crippen LogP contribution in [0.2, 0.25) is 0 Å². The van der Waals surface area contributed by atoms with Gasteiger partial charge in [0, 0.05) is 19.1 Å². The zero-order valence-corrected chi connectivity index (χ0v) is 12.3. The standard InChI is InChI=1S/C17H13NO5/c1-12(19)23-17-10-8-14(18(21)22)11-15(17)16(20)9-7-13-5-3-2-4-6-13/h2-11H,1H3/b9-7+. The van der Waals surface area contributed by atoms with E-state index in [0.717, 1.165) is 11.6 Å². The smallest absolute Gasteiger partial charge is 0.308 e. The normalized spacial score (nSPS) is 10.5. The minimum atomic E-state index is -0.616. The van der Waals surface area contributed by atoms with E-state index >= 15 is 0 Å². The van der Waals surface area contributed by atoms with Crippen molar-refractivity contribution < 1.29 is 19.2 Å². The Balaban J connectivity index is 2.36. The first-order valence-corrected chi connectivity index (χ1v) is 6.71. The second-order valence-electron chi connectivity index (χ2n) is 4.64. The van der Waals surface area contributed by atoms with E-state index in [2.05, 4.69) is 0 Å². The Morgan fingerprint density at radius 1 is 1.13 bits per heavy atom. The second kappa shape index (κ2) is 7.13. The summed E-state index contributed by atoms with van der Waals surface area (Å²) < 4.78 is 4.94. The van der Waals surface area contributed by atoms with Crippen molar-refractivity contribution in [1.82, 2.24) is 0 Å². The molecular formula is C17H13NO5. The molecule has 2 aromatic rings. The van der Waals surface area contributed by atoms with Crippen LogP contribution in [0.5, 0.6) is 5.75 Å². The molecule has 2 rings (SSSR count). The van der Waals surface area contributed by atoms with Crippen molar-refractivity contribution in [3.63, 3.8) is 0 Å². The van der Waals surface area contributed by atoms with Crippen molar-refractivity contribution in [3.8, 4) is 5.75 Å². The molecule has 0 aliphatic carbocycles. The van der Waals surface area contributed by atoms with Crippen LogP contribution in [0, 0.1) is 10.1 Å². The lowest BCUT2D eigenvalue weighted by molar-refractivity contribution is -0.384. The predicted octanol–water partition coefficient (Wildman–Crippen LogP) is 3.42. The molecule has 0 aromatic heterocycles. The molecule has 6 heteroatoms. The van der Waals surface area contributed by atoms with Crippen LogP contribution >= 0.6 is 0 Å². The van der Waals surface area contributed by atoms with Gasteiger partial charge in [-0.15, -0.1) is 0 Å². The largest absolute Gasteiger partial charge is 0.426 e. The average molecular weight is 311 g/mol. The molecule has 0 amide bonds. The summed E-state index contributed by atoms with van der Waals surface area (Å²) in [6, 6.07) is 12.6. The molecular weight excluding hydrogens is 298 g/mol. The Labute approximate surface area is 132 Å². The zero-order chi connectivity index (χ0) is 16.8. The fraction of sp³-hybridized carbons (Fsp3) is 0.0588. The minimum Gasteiger partial charge on any atom is -0.426 e. The van der Waals surface area contributed by atoms with Crippen LogP contribution < -0.4 is 4.74 Å². The molecule has 0 atom stereocenters. The zero-order valence-electron chi connectivity index (χ0n) is 12.3. The molecule has 0 bridgehead atoms. The molecule has 0 spiro atoms. The highest BCUT2D eigenvalue weighted by molar-refractivity contribution is 6.09. The summed E-state index contributed by atoms with van der Waals surface area (Å²) in [7, 11) is 0. The highest BCUT2D eigenvalue weighted by Gasteiger charge is 2.17. The third-order valence-corrected chi connectivity index (χ3v) is 2.92. The monoisotopic (exact) mass is 311 g/mol. The van der Waals surface area contributed by atoms with E-state index in [4.69, 9.17) is 4.74 Å². The Bertz CT molecular complexity index is 781. The van der Waals surface area contributed by atoms with Crippen molar-refractivity contribution in [1.29, 1.82) is 0 Å². The van der Waals surface area contributed by atoms with Crippen LogP contribution in [-0.2, 0) is 4.79 Å². The Kier molecular flexibility index (Phi) is 4.99. The predicted molar refractivity (Wildman–Crippen MR) is 84.2 cm³/mol. The third-order valence-electron chi connectivity index (χ3n) is 2.92. The van der Waals surface area contributed by atoms with E-state index in [9.17, 15) is 19.7 Å². The molecule has 0 saturated carbocycles. The van der Waals surface area contributed by atoms with Gasteiger partial charge < -0.3 is 4.74 Å². The molecule has 0 radical (unpaired) electrons. The lowest BCUT2D eigenvalue weighted by Gasteiger charge is -2.06. The van der Waals surface area contributed by atoms with Crippen LogP contribution in [0.3, 0.4) is 0 Å². The van der Waals surface area contributed by atoms with Crippen molar-refractivity contribution in [2.75, 3.05) is 0 Å². The number of hydrogen-bond donors (Lipinski definition) is 0. The molecule has 0 aliphatic rings. The Morgan fingerprint density at radius 2 is 1.83 bits per heavy atom. The summed E-state index contributed by atoms with van der Waals surface area (Å²) in [6.07, 6.45) is 2.86. The van der Waals surface area contributed by atoms with Gasteiger partial charge in [0.15, 0.2) is 5.78 Å². The van der Waals surface area contributed by atoms with E-state index in [1.165, 1.54) is 25.1 Å². The van der Waals surface area contributed by atoms with Crippen molar-refractivity contribution >= 4 is 23.5 Å². The van der Waals surface area contributed by atoms with Gasteiger partial charge in [-0.25, -0.2) is 0 Å². The summed E-state index contributed by atoms with van der Waals surface area (Å²) in [5.74, 6) is -1.11. The van der Waals surface area contributed by atoms with Gasteiger partial charge in [0.25, 0.3) is 5.69 Å². The van der Waals surface area contributed by atoms with Crippen molar-refractivity contribution in [2.45, 2.75) is 6.92 Å². The molecule has 116 valence electrons. The quantitative estimate of drug-likeness (QED) is 0.211. The maximum atomic E-state index is 12.3. The summed E-state index contributed by atoms with van der Waals surface area (Å²) in [5, 5.41) is 10.9. The van der Waals surface area contributed by atoms with E-state index < -0.39 is 16.7 Å². The first kappa shape index (κ1) is 16.1. The molecule has 0 aliphatic heterocycles. The molecule has 0 heterocycles. The third kappa shape index (κ3) is 4.34. The second-order valence-corrected chi connectivity index (χ2v) is 4.64. The number of ketones is 1. The number of nitro groups is 1. The lowest BCUT2D eigenvalue weighted by atomic mass is 10.1. The number of allylic oxidation sites excluding steroid dienone is 1. The lowest BCUT2D eigenvalue weighted by Crippen LogP contribution is -2.07. The van der Waals surface area contributed by atoms with E-state index in [1.807, 2.05) is 30.3 Å². The van der Waals surface area contributed by atoms with Gasteiger partial charge in [-0.3, -0.25) is 19.7 Å². The highest BCUT2D eigenvalue weighted by atomic mass is 16.6. The van der Waals surface area contributed by atoms with Crippen LogP contribution in [0.1, 0.15) is 22.8 Å². The van der Waals surface area contributed by atoms with Gasteiger partial charge >= 0.3 is 5.97 Å². The average Bonchev–Trinajstić information content (AvgIpc) is 2.53. The maximum Gasteiger partial charge on any atom is 0.308 e. The Hall–Kier alpha value is -3.28. The van der Waals surface area contributed by atoms with Gasteiger partial charge in [0.1, 0.15) is 5.75 Å². The van der Waals surface area contributed by atoms with Crippen LogP contribution in [-0.4, -0.2) is 16.7 Å². The number of esters is 1. The fourth-order valence-electron chi connectivity index (χ4n) is 1.89. The van der Waals surface area contributed by atoms with Crippen LogP contribution in [0.4, 0.5) is 5.69 Å². The number of nitrogens with zero attached hydrogens (tertiary/aromatic N) is 1. The summed E-state index contributed by atoms with van der Waals surface area (Å²) >= 11 is 0. The highest BCUT2D eigenvalue weighted by Crippen LogP contribution is 2.25. The van der Waals surface area contributed by atoms with Crippen molar-refractivity contribution in [2.24, 2.45) is 0 Å². The van der Waals surface area contributed by atoms with Crippen LogP contribution in [0.15, 0.2) is 54.6 Å². The number of benzene rings is 2. The van der Waals surface area contributed by atoms with E-state index in [0.29, 0.717) is 0 Å². The van der Waals surface area contributed by atoms with Gasteiger partial charge in [-0.2, -0.15) is 0 Å². The number of rotatable bonds is 5. The number of carbonyl (C=O) groups excluding carboxylic acids is 2. The number of carbonyl (C=O) groups is 2. The summed E-state index contributed by atoms with van der Waals surface area (Å²) in [4.78, 5) is 33.6. The number of nitro benzene ring substituents is 1. The van der Waals surface area contributed by atoms with Gasteiger partial charge in [-0.1, -0.05) is 36.4 Å². The molecule has 23 heavy (non-hydrogen) atoms. The summed E-state index contributed by atoms with van der Waals surface area (Å²) in [5.41, 5.74) is 0.513. The van der Waals surface area contributed by atoms with Crippen molar-refractivity contribution in [3.05, 3.63) is 75.8 Å². The molecule has 0 unspecified atom stereocenters. The first-order valence-electron chi connectivity index (χ1n) is 6.71. The fourth-order valence-corrected chi connectivity index (χ4v) is 1.89. The minimum absolute atomic E-state index is 0.00851. The molecule has 2 aromatic carbocycles. The number of non-ortho nitro benzene ring substituents is 1.